The van der Waals surface area contributed by atoms with Crippen LogP contribution in [0, 0.1) is 5.41 Å². The van der Waals surface area contributed by atoms with Crippen LogP contribution in [0.2, 0.25) is 0 Å². The number of nitrogens with zero attached hydrogens (tertiary/aromatic N) is 1. The highest BCUT2D eigenvalue weighted by molar-refractivity contribution is 8.14. The smallest absolute Gasteiger partial charge is 0.162 e. The van der Waals surface area contributed by atoms with Crippen LogP contribution in [0.25, 0.3) is 0 Å². The molecule has 0 aliphatic carbocycles. The largest absolute Gasteiger partial charge is 0.358 e. The van der Waals surface area contributed by atoms with Crippen molar-refractivity contribution in [1.29, 1.82) is 5.41 Å². The van der Waals surface area contributed by atoms with Gasteiger partial charge in [0.2, 0.25) is 0 Å². The summed E-state index contributed by atoms with van der Waals surface area (Å²) in [7, 11) is 1.66. The van der Waals surface area contributed by atoms with E-state index >= 15 is 0 Å². The van der Waals surface area contributed by atoms with Gasteiger partial charge in [-0.3, -0.25) is 5.41 Å². The minimum Gasteiger partial charge on any atom is -0.358 e. The van der Waals surface area contributed by atoms with Gasteiger partial charge in [-0.2, -0.15) is 0 Å². The maximum absolute atomic E-state index is 7.71. The van der Waals surface area contributed by atoms with E-state index in [9.17, 15) is 0 Å². The molecule has 14 heavy (non-hydrogen) atoms. The molecule has 4 nitrogen and oxygen atoms in total. The lowest BCUT2D eigenvalue weighted by Crippen LogP contribution is -2.39. The lowest BCUT2D eigenvalue weighted by molar-refractivity contribution is 0.114. The topological polar surface area (TPSA) is 48.4 Å². The number of methoxy groups -OCH3 is 1. The first kappa shape index (κ1) is 9.61. The first-order valence-electron chi connectivity index (χ1n) is 4.48. The van der Waals surface area contributed by atoms with Crippen molar-refractivity contribution < 1.29 is 4.74 Å². The van der Waals surface area contributed by atoms with Gasteiger partial charge in [0.1, 0.15) is 12.0 Å². The summed E-state index contributed by atoms with van der Waals surface area (Å²) in [5.74, 6) is 1.94. The normalized spacial score (nSPS) is 26.4. The fraction of sp³-hybridized carbons (Fsp3) is 0.444. The lowest BCUT2D eigenvalue weighted by atomic mass is 10.3. The maximum Gasteiger partial charge on any atom is 0.162 e. The number of amidine groups is 1. The summed E-state index contributed by atoms with van der Waals surface area (Å²) in [5, 5.41) is 11.5. The van der Waals surface area contributed by atoms with Crippen LogP contribution in [0.4, 0.5) is 0 Å². The molecule has 0 aromatic rings. The molecular formula is C9H13N3OS. The Bertz CT molecular complexity index is 300. The third-order valence-corrected chi connectivity index (χ3v) is 3.05. The van der Waals surface area contributed by atoms with E-state index in [-0.39, 0.29) is 6.23 Å². The van der Waals surface area contributed by atoms with Gasteiger partial charge in [-0.05, 0) is 12.2 Å². The van der Waals surface area contributed by atoms with Crippen molar-refractivity contribution in [2.24, 2.45) is 0 Å². The molecule has 2 rings (SSSR count). The molecule has 0 spiro atoms. The number of ether oxygens (including phenoxy) is 1. The van der Waals surface area contributed by atoms with E-state index in [4.69, 9.17) is 10.1 Å². The second kappa shape index (κ2) is 4.06. The van der Waals surface area contributed by atoms with Crippen molar-refractivity contribution in [2.45, 2.75) is 6.23 Å². The second-order valence-electron chi connectivity index (χ2n) is 3.04. The van der Waals surface area contributed by atoms with Gasteiger partial charge in [0.15, 0.2) is 5.17 Å². The molecule has 1 atom stereocenters. The van der Waals surface area contributed by atoms with E-state index in [1.807, 2.05) is 23.1 Å². The van der Waals surface area contributed by atoms with Crippen LogP contribution in [-0.2, 0) is 4.74 Å². The number of rotatable bonds is 2. The summed E-state index contributed by atoms with van der Waals surface area (Å²) in [5.41, 5.74) is 0. The van der Waals surface area contributed by atoms with Gasteiger partial charge in [-0.1, -0.05) is 17.8 Å². The third kappa shape index (κ3) is 1.78. The highest BCUT2D eigenvalue weighted by atomic mass is 32.2. The average molecular weight is 211 g/mol. The summed E-state index contributed by atoms with van der Waals surface area (Å²) in [6.07, 6.45) is 5.79. The number of hydrogen-bond donors (Lipinski definition) is 2. The number of hydrogen-bond acceptors (Lipinski definition) is 4. The molecule has 1 unspecified atom stereocenters. The van der Waals surface area contributed by atoms with Gasteiger partial charge in [0.05, 0.1) is 0 Å². The predicted molar refractivity (Wildman–Crippen MR) is 58.0 cm³/mol. The van der Waals surface area contributed by atoms with Crippen molar-refractivity contribution >= 4 is 16.9 Å². The van der Waals surface area contributed by atoms with Crippen LogP contribution in [-0.4, -0.2) is 35.7 Å². The van der Waals surface area contributed by atoms with Crippen molar-refractivity contribution in [3.63, 3.8) is 0 Å². The molecule has 0 aromatic heterocycles. The molecule has 0 radical (unpaired) electrons. The Morgan fingerprint density at radius 1 is 1.71 bits per heavy atom. The molecule has 1 fully saturated rings. The minimum atomic E-state index is -0.0756. The zero-order valence-corrected chi connectivity index (χ0v) is 8.80. The Morgan fingerprint density at radius 3 is 3.21 bits per heavy atom. The summed E-state index contributed by atoms with van der Waals surface area (Å²) in [6, 6.07) is 0. The molecule has 0 saturated carbocycles. The van der Waals surface area contributed by atoms with Crippen molar-refractivity contribution in [2.75, 3.05) is 19.4 Å². The lowest BCUT2D eigenvalue weighted by Gasteiger charge is -2.27. The van der Waals surface area contributed by atoms with Crippen LogP contribution in [0.5, 0.6) is 0 Å². The van der Waals surface area contributed by atoms with E-state index in [1.54, 1.807) is 18.9 Å². The molecule has 0 amide bonds. The van der Waals surface area contributed by atoms with E-state index < -0.39 is 0 Å². The van der Waals surface area contributed by atoms with Gasteiger partial charge in [0.25, 0.3) is 0 Å². The molecule has 2 N–H and O–H groups in total. The van der Waals surface area contributed by atoms with E-state index in [1.165, 1.54) is 0 Å². The average Bonchev–Trinajstić information content (AvgIpc) is 2.65. The minimum absolute atomic E-state index is 0.0756. The van der Waals surface area contributed by atoms with E-state index in [2.05, 4.69) is 5.32 Å². The first-order chi connectivity index (χ1) is 6.81. The zero-order chi connectivity index (χ0) is 9.97. The second-order valence-corrected chi connectivity index (χ2v) is 4.13. The fourth-order valence-electron chi connectivity index (χ4n) is 1.44. The highest BCUT2D eigenvalue weighted by Crippen LogP contribution is 2.21. The quantitative estimate of drug-likeness (QED) is 0.714. The van der Waals surface area contributed by atoms with Gasteiger partial charge in [-0.25, -0.2) is 0 Å². The Balaban J connectivity index is 2.07. The van der Waals surface area contributed by atoms with Crippen LogP contribution >= 0.6 is 11.8 Å². The van der Waals surface area contributed by atoms with Crippen LogP contribution in [0.3, 0.4) is 0 Å². The highest BCUT2D eigenvalue weighted by Gasteiger charge is 2.23. The number of dihydropyridines is 1. The molecule has 76 valence electrons. The summed E-state index contributed by atoms with van der Waals surface area (Å²) in [4.78, 5) is 1.96. The standard InChI is InChI=1S/C9H13N3OS/c1-13-8-4-2-3-7(11-8)12-5-6-14-9(12)10/h2-4,8,10-11H,5-6H2,1H3. The molecule has 0 bridgehead atoms. The summed E-state index contributed by atoms with van der Waals surface area (Å²) in [6.45, 7) is 0.895. The number of nitrogens with one attached hydrogen (secondary N) is 2. The third-order valence-electron chi connectivity index (χ3n) is 2.17. The van der Waals surface area contributed by atoms with E-state index in [0.717, 1.165) is 18.1 Å². The number of allylic oxidation sites excluding steroid dienone is 2. The molecule has 2 aliphatic rings. The Labute approximate surface area is 87.5 Å². The molecule has 1 saturated heterocycles. The summed E-state index contributed by atoms with van der Waals surface area (Å²) < 4.78 is 5.17. The maximum atomic E-state index is 7.71. The predicted octanol–water partition coefficient (Wildman–Crippen LogP) is 0.943. The summed E-state index contributed by atoms with van der Waals surface area (Å²) >= 11 is 1.57. The molecule has 2 aliphatic heterocycles. The number of thioether (sulfide) groups is 1. The van der Waals surface area contributed by atoms with Crippen LogP contribution in [0.1, 0.15) is 0 Å². The Hall–Kier alpha value is -0.940. The van der Waals surface area contributed by atoms with Gasteiger partial charge in [-0.15, -0.1) is 0 Å². The van der Waals surface area contributed by atoms with Crippen molar-refractivity contribution in [3.05, 3.63) is 24.0 Å². The zero-order valence-electron chi connectivity index (χ0n) is 7.99. The molecule has 0 aromatic carbocycles. The first-order valence-corrected chi connectivity index (χ1v) is 5.46. The molecule has 2 heterocycles. The monoisotopic (exact) mass is 211 g/mol. The Morgan fingerprint density at radius 2 is 2.57 bits per heavy atom. The SMILES string of the molecule is COC1C=CC=C(N2CCSC2=N)N1. The Kier molecular flexibility index (Phi) is 2.79. The van der Waals surface area contributed by atoms with Crippen molar-refractivity contribution in [3.8, 4) is 0 Å². The van der Waals surface area contributed by atoms with Gasteiger partial charge < -0.3 is 15.0 Å². The van der Waals surface area contributed by atoms with Crippen molar-refractivity contribution in [1.82, 2.24) is 10.2 Å². The van der Waals surface area contributed by atoms with E-state index in [0.29, 0.717) is 5.17 Å². The molecule has 5 heteroatoms. The fourth-order valence-corrected chi connectivity index (χ4v) is 2.25. The van der Waals surface area contributed by atoms with Crippen LogP contribution < -0.4 is 5.32 Å². The van der Waals surface area contributed by atoms with Gasteiger partial charge >= 0.3 is 0 Å². The molecular weight excluding hydrogens is 198 g/mol. The van der Waals surface area contributed by atoms with Crippen LogP contribution in [0.15, 0.2) is 24.0 Å². The van der Waals surface area contributed by atoms with Gasteiger partial charge in [0, 0.05) is 19.4 Å².